The van der Waals surface area contributed by atoms with Crippen molar-refractivity contribution in [1.82, 2.24) is 4.90 Å². The van der Waals surface area contributed by atoms with E-state index in [0.29, 0.717) is 22.5 Å². The monoisotopic (exact) mass is 329 g/mol. The summed E-state index contributed by atoms with van der Waals surface area (Å²) in [6.45, 7) is 5.19. The summed E-state index contributed by atoms with van der Waals surface area (Å²) in [4.78, 5) is 14.5. The van der Waals surface area contributed by atoms with Gasteiger partial charge >= 0.3 is 0 Å². The molecule has 1 aliphatic heterocycles. The zero-order valence-corrected chi connectivity index (χ0v) is 13.0. The number of nitrogens with zero attached hydrogens (tertiary/aromatic N) is 1. The summed E-state index contributed by atoms with van der Waals surface area (Å²) in [6.07, 6.45) is 2.20. The van der Waals surface area contributed by atoms with E-state index in [1.807, 2.05) is 11.0 Å². The van der Waals surface area contributed by atoms with Crippen LogP contribution < -0.4 is 0 Å². The minimum absolute atomic E-state index is 0.0920. The van der Waals surface area contributed by atoms with E-state index in [9.17, 15) is 4.79 Å². The molecule has 0 spiro atoms. The Bertz CT molecular complexity index is 441. The van der Waals surface area contributed by atoms with Crippen molar-refractivity contribution in [2.45, 2.75) is 32.7 Å². The van der Waals surface area contributed by atoms with Crippen LogP contribution in [0.5, 0.6) is 0 Å². The number of amides is 1. The van der Waals surface area contributed by atoms with E-state index >= 15 is 0 Å². The molecule has 1 fully saturated rings. The van der Waals surface area contributed by atoms with Gasteiger partial charge in [-0.3, -0.25) is 4.79 Å². The molecule has 1 saturated heterocycles. The second-order valence-corrected chi connectivity index (χ2v) is 6.46. The fourth-order valence-corrected chi connectivity index (χ4v) is 3.44. The average molecular weight is 331 g/mol. The molecule has 4 heteroatoms. The molecule has 1 amide bonds. The van der Waals surface area contributed by atoms with E-state index in [0.717, 1.165) is 23.9 Å². The predicted octanol–water partition coefficient (Wildman–Crippen LogP) is 4.36. The van der Waals surface area contributed by atoms with Gasteiger partial charge in [-0.25, -0.2) is 0 Å². The van der Waals surface area contributed by atoms with Gasteiger partial charge in [0.05, 0.1) is 0 Å². The molecule has 0 saturated carbocycles. The van der Waals surface area contributed by atoms with Crippen LogP contribution in [-0.4, -0.2) is 23.4 Å². The number of hydrogen-bond donors (Lipinski definition) is 0. The zero-order chi connectivity index (χ0) is 13.3. The standard InChI is InChI=1S/C14H17BrClNO/c1-9(2)13-4-3-5-17(13)14(18)10-6-11(15)8-12(16)7-10/h6-9,13H,3-5H2,1-2H3. The fourth-order valence-electron chi connectivity index (χ4n) is 2.58. The predicted molar refractivity (Wildman–Crippen MR) is 78.0 cm³/mol. The topological polar surface area (TPSA) is 20.3 Å². The van der Waals surface area contributed by atoms with Crippen molar-refractivity contribution in [2.24, 2.45) is 5.92 Å². The van der Waals surface area contributed by atoms with Crippen LogP contribution in [0.4, 0.5) is 0 Å². The maximum absolute atomic E-state index is 12.5. The molecule has 1 aliphatic rings. The lowest BCUT2D eigenvalue weighted by atomic mass is 10.0. The van der Waals surface area contributed by atoms with Gasteiger partial charge in [0.15, 0.2) is 0 Å². The van der Waals surface area contributed by atoms with Crippen molar-refractivity contribution < 1.29 is 4.79 Å². The van der Waals surface area contributed by atoms with Crippen LogP contribution in [0.2, 0.25) is 5.02 Å². The number of hydrogen-bond acceptors (Lipinski definition) is 1. The molecule has 0 aliphatic carbocycles. The van der Waals surface area contributed by atoms with Crippen LogP contribution >= 0.6 is 27.5 Å². The molecule has 1 aromatic carbocycles. The molecule has 0 bridgehead atoms. The molecule has 1 unspecified atom stereocenters. The molecular weight excluding hydrogens is 314 g/mol. The SMILES string of the molecule is CC(C)C1CCCN1C(=O)c1cc(Cl)cc(Br)c1. The van der Waals surface area contributed by atoms with Crippen molar-refractivity contribution >= 4 is 33.4 Å². The minimum Gasteiger partial charge on any atom is -0.335 e. The van der Waals surface area contributed by atoms with Gasteiger partial charge in [-0.05, 0) is 37.0 Å². The largest absolute Gasteiger partial charge is 0.335 e. The van der Waals surface area contributed by atoms with Crippen molar-refractivity contribution in [3.63, 3.8) is 0 Å². The van der Waals surface area contributed by atoms with Crippen LogP contribution in [0.1, 0.15) is 37.0 Å². The summed E-state index contributed by atoms with van der Waals surface area (Å²) in [5.41, 5.74) is 0.668. The number of benzene rings is 1. The van der Waals surface area contributed by atoms with Gasteiger partial charge in [0.2, 0.25) is 0 Å². The molecule has 0 N–H and O–H groups in total. The summed E-state index contributed by atoms with van der Waals surface area (Å²) >= 11 is 9.38. The van der Waals surface area contributed by atoms with Gasteiger partial charge in [0.25, 0.3) is 5.91 Å². The molecule has 0 radical (unpaired) electrons. The number of likely N-dealkylation sites (tertiary alicyclic amines) is 1. The van der Waals surface area contributed by atoms with Gasteiger partial charge in [-0.1, -0.05) is 41.4 Å². The van der Waals surface area contributed by atoms with Gasteiger partial charge in [0, 0.05) is 27.6 Å². The number of carbonyl (C=O) groups is 1. The average Bonchev–Trinajstić information content (AvgIpc) is 2.75. The summed E-state index contributed by atoms with van der Waals surface area (Å²) < 4.78 is 0.846. The summed E-state index contributed by atoms with van der Waals surface area (Å²) in [7, 11) is 0. The van der Waals surface area contributed by atoms with Gasteiger partial charge in [-0.15, -0.1) is 0 Å². The van der Waals surface area contributed by atoms with Gasteiger partial charge < -0.3 is 4.90 Å². The first kappa shape index (κ1) is 13.9. The van der Waals surface area contributed by atoms with E-state index in [1.165, 1.54) is 0 Å². The highest BCUT2D eigenvalue weighted by molar-refractivity contribution is 9.10. The highest BCUT2D eigenvalue weighted by Gasteiger charge is 2.31. The Labute approximate surface area is 121 Å². The molecular formula is C14H17BrClNO. The van der Waals surface area contributed by atoms with E-state index in [-0.39, 0.29) is 5.91 Å². The highest BCUT2D eigenvalue weighted by Crippen LogP contribution is 2.27. The quantitative estimate of drug-likeness (QED) is 0.789. The third-order valence-electron chi connectivity index (χ3n) is 3.44. The van der Waals surface area contributed by atoms with Crippen molar-refractivity contribution in [2.75, 3.05) is 6.54 Å². The van der Waals surface area contributed by atoms with Crippen molar-refractivity contribution in [1.29, 1.82) is 0 Å². The minimum atomic E-state index is 0.0920. The van der Waals surface area contributed by atoms with Crippen molar-refractivity contribution in [3.8, 4) is 0 Å². The van der Waals surface area contributed by atoms with E-state index < -0.39 is 0 Å². The highest BCUT2D eigenvalue weighted by atomic mass is 79.9. The van der Waals surface area contributed by atoms with E-state index in [2.05, 4.69) is 29.8 Å². The molecule has 18 heavy (non-hydrogen) atoms. The first-order valence-electron chi connectivity index (χ1n) is 6.26. The van der Waals surface area contributed by atoms with Gasteiger partial charge in [-0.2, -0.15) is 0 Å². The zero-order valence-electron chi connectivity index (χ0n) is 10.6. The second kappa shape index (κ2) is 5.62. The number of halogens is 2. The Hall–Kier alpha value is -0.540. The van der Waals surface area contributed by atoms with E-state index in [4.69, 9.17) is 11.6 Å². The third kappa shape index (κ3) is 2.89. The Morgan fingerprint density at radius 2 is 2.17 bits per heavy atom. The first-order chi connectivity index (χ1) is 8.49. The Morgan fingerprint density at radius 3 is 2.78 bits per heavy atom. The van der Waals surface area contributed by atoms with Crippen LogP contribution in [0.15, 0.2) is 22.7 Å². The molecule has 98 valence electrons. The van der Waals surface area contributed by atoms with Crippen LogP contribution in [0.25, 0.3) is 0 Å². The van der Waals surface area contributed by atoms with Crippen LogP contribution in [0, 0.1) is 5.92 Å². The Kier molecular flexibility index (Phi) is 4.33. The molecule has 0 aromatic heterocycles. The molecule has 1 atom stereocenters. The molecule has 1 aromatic rings. The lowest BCUT2D eigenvalue weighted by molar-refractivity contribution is 0.0701. The number of carbonyl (C=O) groups excluding carboxylic acids is 1. The molecule has 1 heterocycles. The second-order valence-electron chi connectivity index (χ2n) is 5.11. The van der Waals surface area contributed by atoms with Gasteiger partial charge in [0.1, 0.15) is 0 Å². The van der Waals surface area contributed by atoms with E-state index in [1.54, 1.807) is 12.1 Å². The number of rotatable bonds is 2. The van der Waals surface area contributed by atoms with Crippen LogP contribution in [0.3, 0.4) is 0 Å². The Balaban J connectivity index is 2.25. The fraction of sp³-hybridized carbons (Fsp3) is 0.500. The summed E-state index contributed by atoms with van der Waals surface area (Å²) in [5, 5.41) is 0.591. The summed E-state index contributed by atoms with van der Waals surface area (Å²) in [6, 6.07) is 5.73. The molecule has 2 rings (SSSR count). The maximum atomic E-state index is 12.5. The normalized spacial score (nSPS) is 19.6. The first-order valence-corrected chi connectivity index (χ1v) is 7.43. The third-order valence-corrected chi connectivity index (χ3v) is 4.12. The Morgan fingerprint density at radius 1 is 1.44 bits per heavy atom. The summed E-state index contributed by atoms with van der Waals surface area (Å²) in [5.74, 6) is 0.591. The lowest BCUT2D eigenvalue weighted by Crippen LogP contribution is -2.38. The smallest absolute Gasteiger partial charge is 0.254 e. The van der Waals surface area contributed by atoms with Crippen LogP contribution in [-0.2, 0) is 0 Å². The lowest BCUT2D eigenvalue weighted by Gasteiger charge is -2.27. The van der Waals surface area contributed by atoms with Crippen molar-refractivity contribution in [3.05, 3.63) is 33.3 Å². The maximum Gasteiger partial charge on any atom is 0.254 e. The molecule has 2 nitrogen and oxygen atoms in total.